The molecule has 3 rings (SSSR count). The zero-order valence-corrected chi connectivity index (χ0v) is 16.3. The summed E-state index contributed by atoms with van der Waals surface area (Å²) in [6.45, 7) is 5.08. The van der Waals surface area contributed by atoms with Crippen LogP contribution in [-0.2, 0) is 17.5 Å². The van der Waals surface area contributed by atoms with E-state index < -0.39 is 23.3 Å². The van der Waals surface area contributed by atoms with Crippen molar-refractivity contribution >= 4 is 11.6 Å². The number of amides is 1. The van der Waals surface area contributed by atoms with Crippen LogP contribution in [0.25, 0.3) is 0 Å². The molecule has 1 aliphatic rings. The van der Waals surface area contributed by atoms with E-state index in [1.807, 2.05) is 44.2 Å². The maximum absolute atomic E-state index is 13.4. The Morgan fingerprint density at radius 2 is 1.83 bits per heavy atom. The first kappa shape index (κ1) is 20.7. The summed E-state index contributed by atoms with van der Waals surface area (Å²) in [5.41, 5.74) is -0.0761. The van der Waals surface area contributed by atoms with E-state index in [0.29, 0.717) is 25.3 Å². The van der Waals surface area contributed by atoms with Gasteiger partial charge < -0.3 is 9.80 Å². The number of anilines is 1. The van der Waals surface area contributed by atoms with Gasteiger partial charge in [-0.1, -0.05) is 44.2 Å². The first-order chi connectivity index (χ1) is 13.7. The SMILES string of the molecule is CC(C)C1C(=O)N(Cc2ccccc2)CCN1c1ccc(C#N)c(C(F)(F)F)c1. The molecule has 2 aromatic rings. The summed E-state index contributed by atoms with van der Waals surface area (Å²) in [4.78, 5) is 16.7. The van der Waals surface area contributed by atoms with Gasteiger partial charge in [-0.15, -0.1) is 0 Å². The van der Waals surface area contributed by atoms with Crippen LogP contribution in [0.1, 0.15) is 30.5 Å². The van der Waals surface area contributed by atoms with Crippen LogP contribution in [-0.4, -0.2) is 29.9 Å². The Kier molecular flexibility index (Phi) is 5.83. The predicted molar refractivity (Wildman–Crippen MR) is 104 cm³/mol. The summed E-state index contributed by atoms with van der Waals surface area (Å²) in [7, 11) is 0. The van der Waals surface area contributed by atoms with E-state index in [4.69, 9.17) is 5.26 Å². The number of benzene rings is 2. The average molecular weight is 401 g/mol. The smallest absolute Gasteiger partial charge is 0.358 e. The summed E-state index contributed by atoms with van der Waals surface area (Å²) in [5.74, 6) is -0.195. The molecule has 1 unspecified atom stereocenters. The highest BCUT2D eigenvalue weighted by Gasteiger charge is 2.39. The molecule has 1 heterocycles. The minimum atomic E-state index is -4.63. The Balaban J connectivity index is 1.91. The van der Waals surface area contributed by atoms with Gasteiger partial charge in [-0.2, -0.15) is 18.4 Å². The van der Waals surface area contributed by atoms with Gasteiger partial charge in [-0.25, -0.2) is 0 Å². The molecule has 0 spiro atoms. The number of nitrogens with zero attached hydrogens (tertiary/aromatic N) is 3. The number of piperazine rings is 1. The summed E-state index contributed by atoms with van der Waals surface area (Å²) < 4.78 is 40.1. The number of carbonyl (C=O) groups excluding carboxylic acids is 1. The monoisotopic (exact) mass is 401 g/mol. The highest BCUT2D eigenvalue weighted by atomic mass is 19.4. The van der Waals surface area contributed by atoms with Gasteiger partial charge in [0.2, 0.25) is 5.91 Å². The maximum atomic E-state index is 13.4. The molecule has 1 atom stereocenters. The standard InChI is InChI=1S/C22H22F3N3O/c1-15(2)20-21(29)27(14-16-6-4-3-5-7-16)10-11-28(20)18-9-8-17(13-26)19(12-18)22(23,24)25/h3-9,12,15,20H,10-11,14H2,1-2H3. The lowest BCUT2D eigenvalue weighted by molar-refractivity contribution is -0.137. The minimum Gasteiger partial charge on any atom is -0.358 e. The zero-order valence-electron chi connectivity index (χ0n) is 16.3. The third kappa shape index (κ3) is 4.37. The number of rotatable bonds is 4. The third-order valence-electron chi connectivity index (χ3n) is 5.12. The van der Waals surface area contributed by atoms with Gasteiger partial charge >= 0.3 is 6.18 Å². The highest BCUT2D eigenvalue weighted by Crippen LogP contribution is 2.36. The third-order valence-corrected chi connectivity index (χ3v) is 5.12. The molecular formula is C22H22F3N3O. The fraction of sp³-hybridized carbons (Fsp3) is 0.364. The highest BCUT2D eigenvalue weighted by molar-refractivity contribution is 5.87. The molecule has 0 bridgehead atoms. The van der Waals surface area contributed by atoms with Gasteiger partial charge in [0, 0.05) is 25.3 Å². The van der Waals surface area contributed by atoms with Crippen molar-refractivity contribution in [3.8, 4) is 6.07 Å². The molecule has 4 nitrogen and oxygen atoms in total. The lowest BCUT2D eigenvalue weighted by atomic mass is 9.96. The Morgan fingerprint density at radius 3 is 2.41 bits per heavy atom. The van der Waals surface area contributed by atoms with Crippen LogP contribution in [0.2, 0.25) is 0 Å². The zero-order chi connectivity index (χ0) is 21.2. The van der Waals surface area contributed by atoms with Crippen LogP contribution in [0.5, 0.6) is 0 Å². The quantitative estimate of drug-likeness (QED) is 0.761. The van der Waals surface area contributed by atoms with E-state index in [0.717, 1.165) is 11.6 Å². The van der Waals surface area contributed by atoms with Crippen LogP contribution in [0.15, 0.2) is 48.5 Å². The first-order valence-electron chi connectivity index (χ1n) is 9.43. The van der Waals surface area contributed by atoms with E-state index in [-0.39, 0.29) is 11.8 Å². The van der Waals surface area contributed by atoms with Crippen molar-refractivity contribution in [1.82, 2.24) is 4.90 Å². The van der Waals surface area contributed by atoms with Crippen molar-refractivity contribution in [1.29, 1.82) is 5.26 Å². The van der Waals surface area contributed by atoms with E-state index in [1.54, 1.807) is 15.9 Å². The normalized spacial score (nSPS) is 17.6. The van der Waals surface area contributed by atoms with Gasteiger partial charge in [0.15, 0.2) is 0 Å². The number of alkyl halides is 3. The van der Waals surface area contributed by atoms with Gasteiger partial charge in [0.1, 0.15) is 6.04 Å². The van der Waals surface area contributed by atoms with Crippen molar-refractivity contribution in [2.24, 2.45) is 5.92 Å². The molecule has 0 radical (unpaired) electrons. The van der Waals surface area contributed by atoms with Crippen molar-refractivity contribution < 1.29 is 18.0 Å². The van der Waals surface area contributed by atoms with Crippen LogP contribution in [0, 0.1) is 17.2 Å². The van der Waals surface area contributed by atoms with Crippen molar-refractivity contribution in [3.05, 3.63) is 65.2 Å². The second-order valence-corrected chi connectivity index (χ2v) is 7.47. The molecule has 0 N–H and O–H groups in total. The van der Waals surface area contributed by atoms with Crippen LogP contribution in [0.4, 0.5) is 18.9 Å². The molecule has 1 amide bonds. The molecule has 0 aliphatic carbocycles. The van der Waals surface area contributed by atoms with Gasteiger partial charge in [0.05, 0.1) is 17.2 Å². The number of nitriles is 1. The Morgan fingerprint density at radius 1 is 1.14 bits per heavy atom. The van der Waals surface area contributed by atoms with Crippen LogP contribution < -0.4 is 4.90 Å². The predicted octanol–water partition coefficient (Wildman–Crippen LogP) is 4.45. The summed E-state index contributed by atoms with van der Waals surface area (Å²) >= 11 is 0. The molecule has 1 fully saturated rings. The lowest BCUT2D eigenvalue weighted by Crippen LogP contribution is -2.58. The van der Waals surface area contributed by atoms with Gasteiger partial charge in [-0.3, -0.25) is 4.79 Å². The Bertz CT molecular complexity index is 919. The second-order valence-electron chi connectivity index (χ2n) is 7.47. The van der Waals surface area contributed by atoms with Crippen LogP contribution >= 0.6 is 0 Å². The minimum absolute atomic E-state index is 0.0916. The number of hydrogen-bond donors (Lipinski definition) is 0. The summed E-state index contributed by atoms with van der Waals surface area (Å²) in [6.07, 6.45) is -4.63. The molecule has 152 valence electrons. The van der Waals surface area contributed by atoms with Gasteiger partial charge in [-0.05, 0) is 29.7 Å². The molecule has 0 saturated carbocycles. The molecule has 7 heteroatoms. The largest absolute Gasteiger partial charge is 0.417 e. The maximum Gasteiger partial charge on any atom is 0.417 e. The van der Waals surface area contributed by atoms with Crippen molar-refractivity contribution in [2.45, 2.75) is 32.6 Å². The molecule has 1 aliphatic heterocycles. The second kappa shape index (κ2) is 8.16. The van der Waals surface area contributed by atoms with E-state index in [9.17, 15) is 18.0 Å². The first-order valence-corrected chi connectivity index (χ1v) is 9.43. The lowest BCUT2D eigenvalue weighted by Gasteiger charge is -2.44. The average Bonchev–Trinajstić information content (AvgIpc) is 2.68. The topological polar surface area (TPSA) is 47.3 Å². The number of hydrogen-bond acceptors (Lipinski definition) is 3. The fourth-order valence-corrected chi connectivity index (χ4v) is 3.74. The van der Waals surface area contributed by atoms with E-state index >= 15 is 0 Å². The summed E-state index contributed by atoms with van der Waals surface area (Å²) in [5, 5.41) is 9.02. The molecule has 2 aromatic carbocycles. The molecule has 0 aromatic heterocycles. The number of halogens is 3. The molecular weight excluding hydrogens is 379 g/mol. The molecule has 1 saturated heterocycles. The van der Waals surface area contributed by atoms with E-state index in [1.165, 1.54) is 12.1 Å². The van der Waals surface area contributed by atoms with Crippen molar-refractivity contribution in [3.63, 3.8) is 0 Å². The van der Waals surface area contributed by atoms with Crippen molar-refractivity contribution in [2.75, 3.05) is 18.0 Å². The molecule has 29 heavy (non-hydrogen) atoms. The van der Waals surface area contributed by atoms with Gasteiger partial charge in [0.25, 0.3) is 0 Å². The van der Waals surface area contributed by atoms with E-state index in [2.05, 4.69) is 0 Å². The fourth-order valence-electron chi connectivity index (χ4n) is 3.74. The van der Waals surface area contributed by atoms with Crippen LogP contribution in [0.3, 0.4) is 0 Å². The summed E-state index contributed by atoms with van der Waals surface area (Å²) in [6, 6.07) is 14.3. The Labute approximate surface area is 168 Å². The number of carbonyl (C=O) groups is 1. The Hall–Kier alpha value is -3.01.